The van der Waals surface area contributed by atoms with E-state index >= 15 is 0 Å². The number of fused-ring (bicyclic) bond motifs is 1. The molecule has 0 atom stereocenters. The molecule has 14 heavy (non-hydrogen) atoms. The SMILES string of the molecule is O=S(=O)(O)c1cccc2nc(S)oc12. The monoisotopic (exact) mass is 231 g/mol. The van der Waals surface area contributed by atoms with Crippen molar-refractivity contribution in [2.24, 2.45) is 0 Å². The number of aromatic nitrogens is 1. The lowest BCUT2D eigenvalue weighted by atomic mass is 10.3. The summed E-state index contributed by atoms with van der Waals surface area (Å²) >= 11 is 3.83. The maximum absolute atomic E-state index is 10.9. The number of benzene rings is 1. The van der Waals surface area contributed by atoms with E-state index in [1.54, 1.807) is 6.07 Å². The van der Waals surface area contributed by atoms with Gasteiger partial charge in [-0.1, -0.05) is 18.7 Å². The number of hydrogen-bond donors (Lipinski definition) is 2. The first-order valence-electron chi connectivity index (χ1n) is 3.54. The minimum absolute atomic E-state index is 0.0139. The highest BCUT2D eigenvalue weighted by Crippen LogP contribution is 2.24. The van der Waals surface area contributed by atoms with Gasteiger partial charge in [-0.2, -0.15) is 8.42 Å². The summed E-state index contributed by atoms with van der Waals surface area (Å²) in [6, 6.07) is 4.25. The van der Waals surface area contributed by atoms with Crippen LogP contribution < -0.4 is 0 Å². The molecule has 2 rings (SSSR count). The van der Waals surface area contributed by atoms with Gasteiger partial charge < -0.3 is 4.42 Å². The van der Waals surface area contributed by atoms with Crippen LogP contribution in [-0.4, -0.2) is 18.0 Å². The quantitative estimate of drug-likeness (QED) is 0.572. The van der Waals surface area contributed by atoms with Gasteiger partial charge in [0.15, 0.2) is 5.58 Å². The molecule has 0 amide bonds. The first kappa shape index (κ1) is 9.50. The highest BCUT2D eigenvalue weighted by atomic mass is 32.2. The molecular formula is C7H5NO4S2. The average molecular weight is 231 g/mol. The summed E-state index contributed by atoms with van der Waals surface area (Å²) in [6.07, 6.45) is 0. The molecule has 1 aromatic carbocycles. The third kappa shape index (κ3) is 1.49. The van der Waals surface area contributed by atoms with Crippen LogP contribution >= 0.6 is 12.6 Å². The van der Waals surface area contributed by atoms with Crippen LogP contribution in [0.2, 0.25) is 0 Å². The summed E-state index contributed by atoms with van der Waals surface area (Å²) in [7, 11) is -4.28. The number of nitrogens with zero attached hydrogens (tertiary/aromatic N) is 1. The fraction of sp³-hybridized carbons (Fsp3) is 0. The van der Waals surface area contributed by atoms with Crippen molar-refractivity contribution < 1.29 is 17.4 Å². The number of thiol groups is 1. The van der Waals surface area contributed by atoms with Crippen LogP contribution in [0.15, 0.2) is 32.7 Å². The standard InChI is InChI=1S/C7H5NO4S2/c9-14(10,11)5-3-1-2-4-6(5)12-7(13)8-4/h1-3H,(H,8,13)(H,9,10,11). The van der Waals surface area contributed by atoms with E-state index in [1.807, 2.05) is 0 Å². The van der Waals surface area contributed by atoms with Crippen LogP contribution in [0.3, 0.4) is 0 Å². The summed E-state index contributed by atoms with van der Waals surface area (Å²) in [4.78, 5) is 3.51. The predicted molar refractivity (Wildman–Crippen MR) is 51.1 cm³/mol. The van der Waals surface area contributed by atoms with Crippen molar-refractivity contribution in [3.63, 3.8) is 0 Å². The molecule has 0 saturated carbocycles. The summed E-state index contributed by atoms with van der Waals surface area (Å²) in [6.45, 7) is 0. The van der Waals surface area contributed by atoms with Crippen LogP contribution in [0, 0.1) is 0 Å². The highest BCUT2D eigenvalue weighted by molar-refractivity contribution is 7.86. The Morgan fingerprint density at radius 2 is 2.14 bits per heavy atom. The van der Waals surface area contributed by atoms with E-state index in [0.717, 1.165) is 0 Å². The van der Waals surface area contributed by atoms with E-state index in [4.69, 9.17) is 8.97 Å². The van der Waals surface area contributed by atoms with Crippen molar-refractivity contribution in [3.05, 3.63) is 18.2 Å². The Balaban J connectivity index is 2.90. The van der Waals surface area contributed by atoms with E-state index in [0.29, 0.717) is 5.52 Å². The van der Waals surface area contributed by atoms with E-state index in [9.17, 15) is 8.42 Å². The van der Waals surface area contributed by atoms with Crippen LogP contribution in [0.5, 0.6) is 0 Å². The molecule has 2 aromatic rings. The lowest BCUT2D eigenvalue weighted by Crippen LogP contribution is -1.97. The molecule has 0 fully saturated rings. The molecule has 0 unspecified atom stereocenters. The third-order valence-corrected chi connectivity index (χ3v) is 2.71. The maximum Gasteiger partial charge on any atom is 0.298 e. The Labute approximate surface area is 84.9 Å². The van der Waals surface area contributed by atoms with Gasteiger partial charge in [0, 0.05) is 0 Å². The van der Waals surface area contributed by atoms with E-state index in [-0.39, 0.29) is 15.7 Å². The van der Waals surface area contributed by atoms with Gasteiger partial charge in [-0.15, -0.1) is 0 Å². The lowest BCUT2D eigenvalue weighted by Gasteiger charge is -1.95. The smallest absolute Gasteiger partial charge is 0.298 e. The topological polar surface area (TPSA) is 80.4 Å². The molecule has 7 heteroatoms. The van der Waals surface area contributed by atoms with Crippen molar-refractivity contribution in [2.45, 2.75) is 10.1 Å². The molecule has 1 N–H and O–H groups in total. The van der Waals surface area contributed by atoms with Crippen LogP contribution in [0.4, 0.5) is 0 Å². The molecule has 0 aliphatic carbocycles. The van der Waals surface area contributed by atoms with E-state index < -0.39 is 10.1 Å². The summed E-state index contributed by atoms with van der Waals surface area (Å²) < 4.78 is 35.6. The van der Waals surface area contributed by atoms with Gasteiger partial charge in [-0.3, -0.25) is 4.55 Å². The molecule has 0 saturated heterocycles. The number of rotatable bonds is 1. The molecule has 0 aliphatic heterocycles. The van der Waals surface area contributed by atoms with Gasteiger partial charge >= 0.3 is 0 Å². The minimum atomic E-state index is -4.28. The zero-order valence-electron chi connectivity index (χ0n) is 6.71. The molecule has 0 radical (unpaired) electrons. The van der Waals surface area contributed by atoms with Gasteiger partial charge in [0.2, 0.25) is 0 Å². The van der Waals surface area contributed by atoms with Crippen LogP contribution in [0.25, 0.3) is 11.1 Å². The molecule has 0 aliphatic rings. The fourth-order valence-corrected chi connectivity index (χ4v) is 1.95. The molecule has 5 nitrogen and oxygen atoms in total. The second kappa shape index (κ2) is 2.97. The van der Waals surface area contributed by atoms with Crippen molar-refractivity contribution in [3.8, 4) is 0 Å². The zero-order valence-corrected chi connectivity index (χ0v) is 8.42. The highest BCUT2D eigenvalue weighted by Gasteiger charge is 2.17. The Kier molecular flexibility index (Phi) is 2.02. The first-order valence-corrected chi connectivity index (χ1v) is 5.43. The Morgan fingerprint density at radius 1 is 1.43 bits per heavy atom. The number of oxazole rings is 1. The van der Waals surface area contributed by atoms with Gasteiger partial charge in [0.1, 0.15) is 10.4 Å². The molecular weight excluding hydrogens is 226 g/mol. The Bertz CT molecular complexity index is 587. The Morgan fingerprint density at radius 3 is 2.79 bits per heavy atom. The maximum atomic E-state index is 10.9. The van der Waals surface area contributed by atoms with Crippen LogP contribution in [0.1, 0.15) is 0 Å². The van der Waals surface area contributed by atoms with Gasteiger partial charge in [0.05, 0.1) is 0 Å². The largest absolute Gasteiger partial charge is 0.430 e. The molecule has 0 spiro atoms. The van der Waals surface area contributed by atoms with Gasteiger partial charge in [-0.25, -0.2) is 4.98 Å². The summed E-state index contributed by atoms with van der Waals surface area (Å²) in [5.74, 6) is 0. The lowest BCUT2D eigenvalue weighted by molar-refractivity contribution is 0.469. The molecule has 74 valence electrons. The molecule has 1 heterocycles. The second-order valence-electron chi connectivity index (χ2n) is 2.58. The number of hydrogen-bond acceptors (Lipinski definition) is 5. The van der Waals surface area contributed by atoms with E-state index in [2.05, 4.69) is 17.6 Å². The third-order valence-electron chi connectivity index (χ3n) is 1.65. The molecule has 0 bridgehead atoms. The fourth-order valence-electron chi connectivity index (χ4n) is 1.12. The number of para-hydroxylation sites is 1. The van der Waals surface area contributed by atoms with Crippen LogP contribution in [-0.2, 0) is 10.1 Å². The Hall–Kier alpha value is -1.05. The summed E-state index contributed by atoms with van der Waals surface area (Å²) in [5, 5.41) is 0.0519. The average Bonchev–Trinajstić information content (AvgIpc) is 2.41. The van der Waals surface area contributed by atoms with Gasteiger partial charge in [-0.05, 0) is 12.1 Å². The predicted octanol–water partition coefficient (Wildman–Crippen LogP) is 1.36. The van der Waals surface area contributed by atoms with Crippen molar-refractivity contribution in [1.82, 2.24) is 4.98 Å². The zero-order chi connectivity index (χ0) is 10.3. The van der Waals surface area contributed by atoms with Crippen molar-refractivity contribution >= 4 is 33.8 Å². The minimum Gasteiger partial charge on any atom is -0.430 e. The van der Waals surface area contributed by atoms with Gasteiger partial charge in [0.25, 0.3) is 15.3 Å². The first-order chi connectivity index (χ1) is 6.48. The van der Waals surface area contributed by atoms with Crippen molar-refractivity contribution in [2.75, 3.05) is 0 Å². The normalized spacial score (nSPS) is 12.1. The molecule has 1 aromatic heterocycles. The second-order valence-corrected chi connectivity index (χ2v) is 4.35. The van der Waals surface area contributed by atoms with E-state index in [1.165, 1.54) is 12.1 Å². The summed E-state index contributed by atoms with van der Waals surface area (Å²) in [5.41, 5.74) is 0.352. The van der Waals surface area contributed by atoms with Crippen molar-refractivity contribution in [1.29, 1.82) is 0 Å².